The molecule has 0 aliphatic rings. The summed E-state index contributed by atoms with van der Waals surface area (Å²) in [5.41, 5.74) is -0.133. The van der Waals surface area contributed by atoms with Crippen LogP contribution in [0.4, 0.5) is 5.69 Å². The second kappa shape index (κ2) is 6.08. The molecule has 0 aromatic heterocycles. The standard InChI is InChI=1S/C14H10N2O3S/c1-19-13-4-2-3-5-14(13)20-11-6-7-12(16(17)18)10(8-11)9-15/h2-8H,1H3. The number of para-hydroxylation sites is 1. The lowest BCUT2D eigenvalue weighted by atomic mass is 10.2. The molecule has 6 heteroatoms. The van der Waals surface area contributed by atoms with Crippen LogP contribution in [0.5, 0.6) is 5.75 Å². The monoisotopic (exact) mass is 286 g/mol. The zero-order valence-electron chi connectivity index (χ0n) is 10.6. The van der Waals surface area contributed by atoms with Crippen LogP contribution in [0, 0.1) is 21.4 Å². The van der Waals surface area contributed by atoms with Gasteiger partial charge in [0.25, 0.3) is 5.69 Å². The molecule has 2 aromatic carbocycles. The third kappa shape index (κ3) is 2.90. The van der Waals surface area contributed by atoms with Crippen LogP contribution in [-0.4, -0.2) is 12.0 Å². The summed E-state index contributed by atoms with van der Waals surface area (Å²) in [6, 6.07) is 13.8. The van der Waals surface area contributed by atoms with E-state index in [4.69, 9.17) is 10.00 Å². The highest BCUT2D eigenvalue weighted by molar-refractivity contribution is 7.99. The SMILES string of the molecule is COc1ccccc1Sc1ccc([N+](=O)[O-])c(C#N)c1. The largest absolute Gasteiger partial charge is 0.496 e. The van der Waals surface area contributed by atoms with Crippen molar-refractivity contribution >= 4 is 17.4 Å². The molecule has 20 heavy (non-hydrogen) atoms. The van der Waals surface area contributed by atoms with E-state index >= 15 is 0 Å². The Hall–Kier alpha value is -2.52. The first-order chi connectivity index (χ1) is 9.65. The molecule has 0 atom stereocenters. The molecule has 0 amide bonds. The van der Waals surface area contributed by atoms with E-state index in [2.05, 4.69) is 0 Å². The lowest BCUT2D eigenvalue weighted by Gasteiger charge is -2.07. The first-order valence-corrected chi connectivity index (χ1v) is 6.46. The van der Waals surface area contributed by atoms with Crippen LogP contribution >= 0.6 is 11.8 Å². The Balaban J connectivity index is 2.35. The molecular weight excluding hydrogens is 276 g/mol. The van der Waals surface area contributed by atoms with Gasteiger partial charge in [0.15, 0.2) is 0 Å². The number of methoxy groups -OCH3 is 1. The maximum atomic E-state index is 10.8. The molecule has 2 rings (SSSR count). The number of rotatable bonds is 4. The van der Waals surface area contributed by atoms with Crippen LogP contribution in [0.15, 0.2) is 52.3 Å². The highest BCUT2D eigenvalue weighted by Gasteiger charge is 2.14. The molecule has 0 aliphatic carbocycles. The summed E-state index contributed by atoms with van der Waals surface area (Å²) in [4.78, 5) is 11.8. The van der Waals surface area contributed by atoms with E-state index < -0.39 is 4.92 Å². The van der Waals surface area contributed by atoms with Gasteiger partial charge in [0.1, 0.15) is 17.4 Å². The maximum Gasteiger partial charge on any atom is 0.287 e. The molecular formula is C14H10N2O3S. The van der Waals surface area contributed by atoms with Gasteiger partial charge in [-0.1, -0.05) is 23.9 Å². The first-order valence-electron chi connectivity index (χ1n) is 5.65. The quantitative estimate of drug-likeness (QED) is 0.633. The minimum Gasteiger partial charge on any atom is -0.496 e. The molecule has 0 radical (unpaired) electrons. The van der Waals surface area contributed by atoms with Gasteiger partial charge in [-0.05, 0) is 24.3 Å². The van der Waals surface area contributed by atoms with E-state index in [0.717, 1.165) is 15.5 Å². The molecule has 0 unspecified atom stereocenters. The van der Waals surface area contributed by atoms with Gasteiger partial charge in [-0.2, -0.15) is 5.26 Å². The number of nitriles is 1. The average molecular weight is 286 g/mol. The molecule has 100 valence electrons. The lowest BCUT2D eigenvalue weighted by molar-refractivity contribution is -0.385. The van der Waals surface area contributed by atoms with Crippen LogP contribution in [-0.2, 0) is 0 Å². The summed E-state index contributed by atoms with van der Waals surface area (Å²) in [5, 5.41) is 19.7. The number of ether oxygens (including phenoxy) is 1. The predicted octanol–water partition coefficient (Wildman–Crippen LogP) is 3.63. The van der Waals surface area contributed by atoms with E-state index in [1.807, 2.05) is 30.3 Å². The number of nitro groups is 1. The maximum absolute atomic E-state index is 10.8. The fraction of sp³-hybridized carbons (Fsp3) is 0.0714. The van der Waals surface area contributed by atoms with Crippen molar-refractivity contribution in [2.24, 2.45) is 0 Å². The number of nitrogens with zero attached hydrogens (tertiary/aromatic N) is 2. The zero-order chi connectivity index (χ0) is 14.5. The van der Waals surface area contributed by atoms with Gasteiger partial charge in [0.2, 0.25) is 0 Å². The van der Waals surface area contributed by atoms with Crippen molar-refractivity contribution in [3.05, 3.63) is 58.1 Å². The molecule has 0 heterocycles. The molecule has 0 spiro atoms. The van der Waals surface area contributed by atoms with Crippen molar-refractivity contribution in [1.82, 2.24) is 0 Å². The summed E-state index contributed by atoms with van der Waals surface area (Å²) in [7, 11) is 1.58. The Labute approximate surface area is 120 Å². The van der Waals surface area contributed by atoms with Crippen LogP contribution in [0.25, 0.3) is 0 Å². The van der Waals surface area contributed by atoms with Crippen molar-refractivity contribution in [2.75, 3.05) is 7.11 Å². The number of hydrogen-bond acceptors (Lipinski definition) is 5. The van der Waals surface area contributed by atoms with Gasteiger partial charge in [-0.3, -0.25) is 10.1 Å². The van der Waals surface area contributed by atoms with E-state index in [1.54, 1.807) is 13.2 Å². The predicted molar refractivity (Wildman–Crippen MR) is 74.9 cm³/mol. The smallest absolute Gasteiger partial charge is 0.287 e. The van der Waals surface area contributed by atoms with Crippen LogP contribution in [0.3, 0.4) is 0 Å². The van der Waals surface area contributed by atoms with Crippen LogP contribution in [0.1, 0.15) is 5.56 Å². The number of nitro benzene ring substituents is 1. The number of benzene rings is 2. The average Bonchev–Trinajstić information content (AvgIpc) is 2.47. The normalized spacial score (nSPS) is 9.80. The van der Waals surface area contributed by atoms with Crippen molar-refractivity contribution in [2.45, 2.75) is 9.79 Å². The van der Waals surface area contributed by atoms with Crippen molar-refractivity contribution < 1.29 is 9.66 Å². The summed E-state index contributed by atoms with van der Waals surface area (Å²) in [6.45, 7) is 0. The fourth-order valence-corrected chi connectivity index (χ4v) is 2.62. The van der Waals surface area contributed by atoms with E-state index in [0.29, 0.717) is 0 Å². The zero-order valence-corrected chi connectivity index (χ0v) is 11.4. The Morgan fingerprint density at radius 2 is 2.05 bits per heavy atom. The molecule has 0 bridgehead atoms. The summed E-state index contributed by atoms with van der Waals surface area (Å²) >= 11 is 1.39. The van der Waals surface area contributed by atoms with E-state index in [1.165, 1.54) is 23.9 Å². The Bertz CT molecular complexity index is 695. The highest BCUT2D eigenvalue weighted by atomic mass is 32.2. The van der Waals surface area contributed by atoms with Crippen LogP contribution < -0.4 is 4.74 Å². The molecule has 0 aliphatic heterocycles. The second-order valence-electron chi connectivity index (χ2n) is 3.80. The Morgan fingerprint density at radius 1 is 1.30 bits per heavy atom. The van der Waals surface area contributed by atoms with Crippen molar-refractivity contribution in [1.29, 1.82) is 5.26 Å². The molecule has 0 N–H and O–H groups in total. The highest BCUT2D eigenvalue weighted by Crippen LogP contribution is 2.36. The van der Waals surface area contributed by atoms with Gasteiger partial charge in [0.05, 0.1) is 16.9 Å². The first kappa shape index (κ1) is 13.9. The Morgan fingerprint density at radius 3 is 2.70 bits per heavy atom. The molecule has 5 nitrogen and oxygen atoms in total. The Kier molecular flexibility index (Phi) is 4.23. The molecule has 0 saturated carbocycles. The van der Waals surface area contributed by atoms with Gasteiger partial charge in [0, 0.05) is 11.0 Å². The van der Waals surface area contributed by atoms with Crippen LogP contribution in [0.2, 0.25) is 0 Å². The van der Waals surface area contributed by atoms with Gasteiger partial charge in [-0.25, -0.2) is 0 Å². The van der Waals surface area contributed by atoms with E-state index in [-0.39, 0.29) is 11.3 Å². The summed E-state index contributed by atoms with van der Waals surface area (Å²) in [6.07, 6.45) is 0. The van der Waals surface area contributed by atoms with E-state index in [9.17, 15) is 10.1 Å². The van der Waals surface area contributed by atoms with Gasteiger partial charge in [-0.15, -0.1) is 0 Å². The minimum atomic E-state index is -0.559. The lowest BCUT2D eigenvalue weighted by Crippen LogP contribution is -1.92. The van der Waals surface area contributed by atoms with Crippen molar-refractivity contribution in [3.63, 3.8) is 0 Å². The van der Waals surface area contributed by atoms with Crippen molar-refractivity contribution in [3.8, 4) is 11.8 Å². The molecule has 0 saturated heterocycles. The third-order valence-electron chi connectivity index (χ3n) is 2.58. The van der Waals surface area contributed by atoms with Gasteiger partial charge >= 0.3 is 0 Å². The topological polar surface area (TPSA) is 76.2 Å². The number of hydrogen-bond donors (Lipinski definition) is 0. The minimum absolute atomic E-state index is 0.0508. The summed E-state index contributed by atoms with van der Waals surface area (Å²) in [5.74, 6) is 0.717. The third-order valence-corrected chi connectivity index (χ3v) is 3.63. The summed E-state index contributed by atoms with van der Waals surface area (Å²) < 4.78 is 5.24. The second-order valence-corrected chi connectivity index (χ2v) is 4.92. The van der Waals surface area contributed by atoms with Gasteiger partial charge < -0.3 is 4.74 Å². The fourth-order valence-electron chi connectivity index (χ4n) is 1.66. The molecule has 2 aromatic rings. The molecule has 0 fully saturated rings.